The molecule has 0 spiro atoms. The van der Waals surface area contributed by atoms with E-state index >= 15 is 0 Å². The first-order valence-corrected chi connectivity index (χ1v) is 6.82. The molecule has 1 unspecified atom stereocenters. The lowest BCUT2D eigenvalue weighted by molar-refractivity contribution is 0.0988. The zero-order chi connectivity index (χ0) is 10.7. The second-order valence-electron chi connectivity index (χ2n) is 2.80. The van der Waals surface area contributed by atoms with E-state index in [0.717, 1.165) is 14.0 Å². The molecule has 0 heterocycles. The minimum absolute atomic E-state index is 0.000941. The number of carbonyl (C=O) groups is 1. The predicted molar refractivity (Wildman–Crippen MR) is 70.6 cm³/mol. The van der Waals surface area contributed by atoms with Crippen LogP contribution in [0.3, 0.4) is 0 Å². The highest BCUT2D eigenvalue weighted by molar-refractivity contribution is 14.1. The fourth-order valence-electron chi connectivity index (χ4n) is 1.11. The zero-order valence-electron chi connectivity index (χ0n) is 7.88. The van der Waals surface area contributed by atoms with Gasteiger partial charge in [0.1, 0.15) is 0 Å². The van der Waals surface area contributed by atoms with E-state index in [-0.39, 0.29) is 5.78 Å². The van der Waals surface area contributed by atoms with E-state index in [4.69, 9.17) is 11.6 Å². The normalized spacial score (nSPS) is 12.6. The molecule has 0 radical (unpaired) electrons. The standard InChI is InChI=1S/C10H10ClIOS/c1-6(11)10(13)9-7(12)4-3-5-8(9)14-2/h3-6H,1-2H3. The van der Waals surface area contributed by atoms with E-state index in [1.807, 2.05) is 24.5 Å². The zero-order valence-corrected chi connectivity index (χ0v) is 11.6. The van der Waals surface area contributed by atoms with Crippen molar-refractivity contribution < 1.29 is 4.79 Å². The molecule has 0 aliphatic heterocycles. The summed E-state index contributed by atoms with van der Waals surface area (Å²) in [6.07, 6.45) is 1.96. The van der Waals surface area contributed by atoms with Crippen molar-refractivity contribution >= 4 is 51.7 Å². The van der Waals surface area contributed by atoms with Crippen molar-refractivity contribution in [3.8, 4) is 0 Å². The summed E-state index contributed by atoms with van der Waals surface area (Å²) in [5, 5.41) is -0.461. The summed E-state index contributed by atoms with van der Waals surface area (Å²) in [5.41, 5.74) is 0.753. The van der Waals surface area contributed by atoms with Crippen molar-refractivity contribution in [1.29, 1.82) is 0 Å². The lowest BCUT2D eigenvalue weighted by Crippen LogP contribution is -2.13. The van der Waals surface area contributed by atoms with Crippen molar-refractivity contribution in [3.05, 3.63) is 27.3 Å². The molecular weight excluding hydrogens is 331 g/mol. The number of halogens is 2. The van der Waals surface area contributed by atoms with Crippen LogP contribution in [-0.4, -0.2) is 17.4 Å². The smallest absolute Gasteiger partial charge is 0.182 e. The van der Waals surface area contributed by atoms with Gasteiger partial charge in [0.05, 0.1) is 5.38 Å². The van der Waals surface area contributed by atoms with E-state index < -0.39 is 5.38 Å². The lowest BCUT2D eigenvalue weighted by atomic mass is 10.1. The highest BCUT2D eigenvalue weighted by Gasteiger charge is 2.18. The van der Waals surface area contributed by atoms with Crippen molar-refractivity contribution in [2.45, 2.75) is 17.2 Å². The number of carbonyl (C=O) groups excluding carboxylic acids is 1. The van der Waals surface area contributed by atoms with Crippen LogP contribution in [0.2, 0.25) is 0 Å². The quantitative estimate of drug-likeness (QED) is 0.360. The molecule has 14 heavy (non-hydrogen) atoms. The summed E-state index contributed by atoms with van der Waals surface area (Å²) in [4.78, 5) is 12.8. The predicted octanol–water partition coefficient (Wildman–Crippen LogP) is 3.82. The van der Waals surface area contributed by atoms with Gasteiger partial charge in [0.25, 0.3) is 0 Å². The maximum Gasteiger partial charge on any atom is 0.182 e. The number of benzene rings is 1. The van der Waals surface area contributed by atoms with Crippen LogP contribution in [0.4, 0.5) is 0 Å². The summed E-state index contributed by atoms with van der Waals surface area (Å²) in [7, 11) is 0. The SMILES string of the molecule is CSc1cccc(I)c1C(=O)C(C)Cl. The highest BCUT2D eigenvalue weighted by Crippen LogP contribution is 2.26. The number of alkyl halides is 1. The van der Waals surface area contributed by atoms with E-state index in [0.29, 0.717) is 0 Å². The van der Waals surface area contributed by atoms with Crippen molar-refractivity contribution in [2.24, 2.45) is 0 Å². The monoisotopic (exact) mass is 340 g/mol. The Morgan fingerprint density at radius 2 is 2.21 bits per heavy atom. The molecule has 0 aliphatic rings. The third-order valence-corrected chi connectivity index (χ3v) is 3.68. The van der Waals surface area contributed by atoms with Crippen LogP contribution >= 0.6 is 46.0 Å². The highest BCUT2D eigenvalue weighted by atomic mass is 127. The number of hydrogen-bond acceptors (Lipinski definition) is 2. The largest absolute Gasteiger partial charge is 0.292 e. The summed E-state index contributed by atoms with van der Waals surface area (Å²) < 4.78 is 0.965. The fraction of sp³-hybridized carbons (Fsp3) is 0.300. The first kappa shape index (κ1) is 12.3. The molecule has 4 heteroatoms. The minimum atomic E-state index is -0.461. The minimum Gasteiger partial charge on any atom is -0.292 e. The maximum atomic E-state index is 11.8. The summed E-state index contributed by atoms with van der Waals surface area (Å²) >= 11 is 9.54. The van der Waals surface area contributed by atoms with Gasteiger partial charge in [-0.15, -0.1) is 23.4 Å². The Morgan fingerprint density at radius 3 is 2.71 bits per heavy atom. The lowest BCUT2D eigenvalue weighted by Gasteiger charge is -2.09. The maximum absolute atomic E-state index is 11.8. The van der Waals surface area contributed by atoms with Gasteiger partial charge in [-0.3, -0.25) is 4.79 Å². The number of thioether (sulfide) groups is 1. The van der Waals surface area contributed by atoms with Gasteiger partial charge in [-0.2, -0.15) is 0 Å². The molecule has 0 N–H and O–H groups in total. The van der Waals surface area contributed by atoms with Gasteiger partial charge in [-0.1, -0.05) is 6.07 Å². The number of rotatable bonds is 3. The second kappa shape index (κ2) is 5.37. The molecule has 76 valence electrons. The van der Waals surface area contributed by atoms with Gasteiger partial charge in [0.15, 0.2) is 5.78 Å². The van der Waals surface area contributed by atoms with Gasteiger partial charge in [-0.05, 0) is 47.9 Å². The van der Waals surface area contributed by atoms with Crippen molar-refractivity contribution in [2.75, 3.05) is 6.26 Å². The molecule has 1 atom stereocenters. The average molecular weight is 341 g/mol. The average Bonchev–Trinajstić information content (AvgIpc) is 2.16. The molecular formula is C10H10ClIOS. The molecule has 0 aliphatic carbocycles. The van der Waals surface area contributed by atoms with Gasteiger partial charge < -0.3 is 0 Å². The van der Waals surface area contributed by atoms with Crippen LogP contribution < -0.4 is 0 Å². The molecule has 0 amide bonds. The Kier molecular flexibility index (Phi) is 4.73. The van der Waals surface area contributed by atoms with E-state index in [1.54, 1.807) is 18.7 Å². The topological polar surface area (TPSA) is 17.1 Å². The van der Waals surface area contributed by atoms with E-state index in [1.165, 1.54) is 0 Å². The van der Waals surface area contributed by atoms with Crippen LogP contribution in [-0.2, 0) is 0 Å². The summed E-state index contributed by atoms with van der Waals surface area (Å²) in [6.45, 7) is 1.71. The van der Waals surface area contributed by atoms with Gasteiger partial charge in [-0.25, -0.2) is 0 Å². The van der Waals surface area contributed by atoms with E-state index in [9.17, 15) is 4.79 Å². The van der Waals surface area contributed by atoms with Crippen LogP contribution in [0.5, 0.6) is 0 Å². The van der Waals surface area contributed by atoms with Crippen LogP contribution in [0.15, 0.2) is 23.1 Å². The van der Waals surface area contributed by atoms with Crippen molar-refractivity contribution in [3.63, 3.8) is 0 Å². The molecule has 0 aromatic heterocycles. The number of ketones is 1. The molecule has 1 nitrogen and oxygen atoms in total. The molecule has 1 rings (SSSR count). The van der Waals surface area contributed by atoms with Crippen LogP contribution in [0.25, 0.3) is 0 Å². The Balaban J connectivity index is 3.23. The summed E-state index contributed by atoms with van der Waals surface area (Å²) in [5.74, 6) is 0.000941. The molecule has 0 fully saturated rings. The molecule has 1 aromatic carbocycles. The van der Waals surface area contributed by atoms with E-state index in [2.05, 4.69) is 22.6 Å². The number of Topliss-reactive ketones (excluding diaryl/α,β-unsaturated/α-hetero) is 1. The Bertz CT molecular complexity index is 352. The third-order valence-electron chi connectivity index (χ3n) is 1.80. The fourth-order valence-corrected chi connectivity index (χ4v) is 2.80. The van der Waals surface area contributed by atoms with Crippen molar-refractivity contribution in [1.82, 2.24) is 0 Å². The Labute approximate surface area is 107 Å². The second-order valence-corrected chi connectivity index (χ2v) is 5.46. The molecule has 0 bridgehead atoms. The Hall–Kier alpha value is 0.260. The first-order valence-electron chi connectivity index (χ1n) is 4.08. The number of hydrogen-bond donors (Lipinski definition) is 0. The van der Waals surface area contributed by atoms with Gasteiger partial charge >= 0.3 is 0 Å². The van der Waals surface area contributed by atoms with Crippen LogP contribution in [0, 0.1) is 3.57 Å². The summed E-state index contributed by atoms with van der Waals surface area (Å²) in [6, 6.07) is 5.81. The molecule has 0 saturated heterocycles. The first-order chi connectivity index (χ1) is 6.57. The molecule has 0 saturated carbocycles. The van der Waals surface area contributed by atoms with Gasteiger partial charge in [0, 0.05) is 14.0 Å². The Morgan fingerprint density at radius 1 is 1.57 bits per heavy atom. The molecule has 1 aromatic rings. The van der Waals surface area contributed by atoms with Crippen LogP contribution in [0.1, 0.15) is 17.3 Å². The van der Waals surface area contributed by atoms with Gasteiger partial charge in [0.2, 0.25) is 0 Å². The third kappa shape index (κ3) is 2.64.